The highest BCUT2D eigenvalue weighted by Crippen LogP contribution is 2.16. The van der Waals surface area contributed by atoms with Gasteiger partial charge in [-0.05, 0) is 47.9 Å². The van der Waals surface area contributed by atoms with Crippen molar-refractivity contribution in [1.29, 1.82) is 0 Å². The number of aryl methyl sites for hydroxylation is 3. The van der Waals surface area contributed by atoms with Gasteiger partial charge >= 0.3 is 0 Å². The summed E-state index contributed by atoms with van der Waals surface area (Å²) in [6.45, 7) is 7.39. The van der Waals surface area contributed by atoms with Crippen LogP contribution in [-0.2, 0) is 37.3 Å². The van der Waals surface area contributed by atoms with E-state index in [1.165, 1.54) is 4.68 Å². The summed E-state index contributed by atoms with van der Waals surface area (Å²) in [6.07, 6.45) is 3.94. The monoisotopic (exact) mass is 467 g/mol. The van der Waals surface area contributed by atoms with Crippen LogP contribution in [0.15, 0.2) is 53.6 Å². The van der Waals surface area contributed by atoms with Crippen molar-refractivity contribution in [3.63, 3.8) is 0 Å². The lowest BCUT2D eigenvalue weighted by atomic mass is 10.1. The van der Waals surface area contributed by atoms with Crippen molar-refractivity contribution in [1.82, 2.24) is 25.4 Å². The molecule has 0 aliphatic rings. The molecule has 1 aromatic carbocycles. The summed E-state index contributed by atoms with van der Waals surface area (Å²) >= 11 is 6.17. The maximum atomic E-state index is 12.9. The number of hydrogen-bond donors (Lipinski definition) is 2. The second-order valence-corrected chi connectivity index (χ2v) is 8.74. The van der Waals surface area contributed by atoms with Gasteiger partial charge in [-0.1, -0.05) is 37.6 Å². The van der Waals surface area contributed by atoms with Crippen LogP contribution < -0.4 is 16.2 Å². The third kappa shape index (κ3) is 7.23. The van der Waals surface area contributed by atoms with Gasteiger partial charge in [0.05, 0.1) is 19.2 Å². The molecule has 0 aliphatic heterocycles. The Morgan fingerprint density at radius 2 is 1.97 bits per heavy atom. The predicted molar refractivity (Wildman–Crippen MR) is 130 cm³/mol. The van der Waals surface area contributed by atoms with Gasteiger partial charge in [-0.2, -0.15) is 5.10 Å². The number of nitrogens with one attached hydrogen (secondary N) is 2. The first-order valence-electron chi connectivity index (χ1n) is 11.1. The predicted octanol–water partition coefficient (Wildman–Crippen LogP) is 3.20. The standard InChI is InChI=1S/C25H30ClN5O2/c1-17(2)28-15-19-7-8-21(26)12-20(19)16-29-24(32)13-23-18(3)14-30-31(25(23)33)11-9-22-6-4-5-10-27-22/h4-8,10,12,14,17,28H,9,11,13,15-16H2,1-3H3,(H,29,32). The average molecular weight is 468 g/mol. The van der Waals surface area contributed by atoms with E-state index in [4.69, 9.17) is 11.6 Å². The Labute approximate surface area is 199 Å². The molecule has 2 heterocycles. The number of carbonyl (C=O) groups excluding carboxylic acids is 1. The van der Waals surface area contributed by atoms with Crippen LogP contribution in [0.2, 0.25) is 5.02 Å². The Morgan fingerprint density at radius 1 is 1.15 bits per heavy atom. The summed E-state index contributed by atoms with van der Waals surface area (Å²) in [5.41, 5.74) is 3.82. The molecule has 0 atom stereocenters. The number of halogens is 1. The first-order valence-corrected chi connectivity index (χ1v) is 11.4. The van der Waals surface area contributed by atoms with Crippen LogP contribution in [0.5, 0.6) is 0 Å². The molecule has 174 valence electrons. The normalized spacial score (nSPS) is 11.1. The highest BCUT2D eigenvalue weighted by Gasteiger charge is 2.14. The molecular weight excluding hydrogens is 438 g/mol. The van der Waals surface area contributed by atoms with Crippen LogP contribution in [0.1, 0.15) is 41.8 Å². The van der Waals surface area contributed by atoms with E-state index in [0.29, 0.717) is 48.2 Å². The number of amides is 1. The van der Waals surface area contributed by atoms with Gasteiger partial charge < -0.3 is 10.6 Å². The Bertz CT molecular complexity index is 1150. The zero-order valence-electron chi connectivity index (χ0n) is 19.3. The van der Waals surface area contributed by atoms with Crippen LogP contribution >= 0.6 is 11.6 Å². The number of pyridine rings is 1. The van der Waals surface area contributed by atoms with E-state index in [0.717, 1.165) is 16.8 Å². The second kappa shape index (κ2) is 11.7. The van der Waals surface area contributed by atoms with Crippen LogP contribution in [-0.4, -0.2) is 26.7 Å². The van der Waals surface area contributed by atoms with E-state index in [1.807, 2.05) is 36.4 Å². The van der Waals surface area contributed by atoms with Crippen molar-refractivity contribution in [3.8, 4) is 0 Å². The molecule has 3 aromatic rings. The quantitative estimate of drug-likeness (QED) is 0.478. The number of rotatable bonds is 10. The number of benzene rings is 1. The summed E-state index contributed by atoms with van der Waals surface area (Å²) in [4.78, 5) is 29.9. The van der Waals surface area contributed by atoms with Crippen molar-refractivity contribution in [2.75, 3.05) is 0 Å². The maximum absolute atomic E-state index is 12.9. The van der Waals surface area contributed by atoms with Gasteiger partial charge in [-0.3, -0.25) is 14.6 Å². The third-order valence-corrected chi connectivity index (χ3v) is 5.58. The van der Waals surface area contributed by atoms with Gasteiger partial charge in [0.1, 0.15) is 0 Å². The molecule has 0 spiro atoms. The van der Waals surface area contributed by atoms with E-state index in [-0.39, 0.29) is 17.9 Å². The van der Waals surface area contributed by atoms with Gasteiger partial charge in [0, 0.05) is 48.0 Å². The SMILES string of the molecule is Cc1cnn(CCc2ccccn2)c(=O)c1CC(=O)NCc1cc(Cl)ccc1CNC(C)C. The molecule has 3 rings (SSSR count). The summed E-state index contributed by atoms with van der Waals surface area (Å²) in [7, 11) is 0. The van der Waals surface area contributed by atoms with Gasteiger partial charge in [-0.25, -0.2) is 4.68 Å². The fraction of sp³-hybridized carbons (Fsp3) is 0.360. The van der Waals surface area contributed by atoms with E-state index in [2.05, 4.69) is 34.6 Å². The lowest BCUT2D eigenvalue weighted by molar-refractivity contribution is -0.120. The topological polar surface area (TPSA) is 88.9 Å². The van der Waals surface area contributed by atoms with Crippen molar-refractivity contribution >= 4 is 17.5 Å². The summed E-state index contributed by atoms with van der Waals surface area (Å²) in [5, 5.41) is 11.2. The largest absolute Gasteiger partial charge is 0.352 e. The van der Waals surface area contributed by atoms with E-state index in [9.17, 15) is 9.59 Å². The number of aromatic nitrogens is 3. The summed E-state index contributed by atoms with van der Waals surface area (Å²) in [6, 6.07) is 11.7. The molecule has 0 fully saturated rings. The smallest absolute Gasteiger partial charge is 0.270 e. The molecule has 2 aromatic heterocycles. The zero-order chi connectivity index (χ0) is 23.8. The Morgan fingerprint density at radius 3 is 2.70 bits per heavy atom. The fourth-order valence-corrected chi connectivity index (χ4v) is 3.61. The Balaban J connectivity index is 1.66. The first kappa shape index (κ1) is 24.6. The summed E-state index contributed by atoms with van der Waals surface area (Å²) in [5.74, 6) is -0.222. The van der Waals surface area contributed by atoms with Gasteiger partial charge in [0.15, 0.2) is 0 Å². The molecule has 0 radical (unpaired) electrons. The van der Waals surface area contributed by atoms with Crippen molar-refractivity contribution in [3.05, 3.63) is 92.1 Å². The van der Waals surface area contributed by atoms with Crippen LogP contribution in [0, 0.1) is 6.92 Å². The van der Waals surface area contributed by atoms with E-state index in [1.54, 1.807) is 19.3 Å². The minimum atomic E-state index is -0.245. The van der Waals surface area contributed by atoms with Crippen LogP contribution in [0.3, 0.4) is 0 Å². The highest BCUT2D eigenvalue weighted by atomic mass is 35.5. The molecule has 1 amide bonds. The molecule has 0 saturated carbocycles. The number of carbonyl (C=O) groups is 1. The lowest BCUT2D eigenvalue weighted by Crippen LogP contribution is -2.33. The van der Waals surface area contributed by atoms with Gasteiger partial charge in [-0.15, -0.1) is 0 Å². The molecule has 2 N–H and O–H groups in total. The molecule has 0 unspecified atom stereocenters. The molecule has 0 saturated heterocycles. The third-order valence-electron chi connectivity index (χ3n) is 5.35. The van der Waals surface area contributed by atoms with E-state index >= 15 is 0 Å². The fourth-order valence-electron chi connectivity index (χ4n) is 3.41. The molecule has 33 heavy (non-hydrogen) atoms. The first-order chi connectivity index (χ1) is 15.8. The van der Waals surface area contributed by atoms with Crippen molar-refractivity contribution in [2.24, 2.45) is 0 Å². The lowest BCUT2D eigenvalue weighted by Gasteiger charge is -2.14. The molecule has 0 aliphatic carbocycles. The number of hydrogen-bond acceptors (Lipinski definition) is 5. The van der Waals surface area contributed by atoms with Gasteiger partial charge in [0.2, 0.25) is 5.91 Å². The van der Waals surface area contributed by atoms with Crippen LogP contribution in [0.4, 0.5) is 0 Å². The molecule has 7 nitrogen and oxygen atoms in total. The summed E-state index contributed by atoms with van der Waals surface area (Å²) < 4.78 is 1.40. The number of nitrogens with zero attached hydrogens (tertiary/aromatic N) is 3. The minimum Gasteiger partial charge on any atom is -0.352 e. The molecule has 0 bridgehead atoms. The maximum Gasteiger partial charge on any atom is 0.270 e. The highest BCUT2D eigenvalue weighted by molar-refractivity contribution is 6.30. The Kier molecular flexibility index (Phi) is 8.74. The zero-order valence-corrected chi connectivity index (χ0v) is 20.0. The van der Waals surface area contributed by atoms with E-state index < -0.39 is 0 Å². The second-order valence-electron chi connectivity index (χ2n) is 8.31. The van der Waals surface area contributed by atoms with Crippen LogP contribution in [0.25, 0.3) is 0 Å². The molecular formula is C25H30ClN5O2. The van der Waals surface area contributed by atoms with Crippen molar-refractivity contribution in [2.45, 2.75) is 59.3 Å². The molecule has 8 heteroatoms. The van der Waals surface area contributed by atoms with Crippen molar-refractivity contribution < 1.29 is 4.79 Å². The minimum absolute atomic E-state index is 0.00306. The average Bonchev–Trinajstić information content (AvgIpc) is 2.80. The van der Waals surface area contributed by atoms with Gasteiger partial charge in [0.25, 0.3) is 5.56 Å². The Hall–Kier alpha value is -3.03.